The van der Waals surface area contributed by atoms with Crippen LogP contribution in [-0.2, 0) is 25.4 Å². The van der Waals surface area contributed by atoms with Crippen molar-refractivity contribution in [2.75, 3.05) is 6.61 Å². The van der Waals surface area contributed by atoms with Gasteiger partial charge in [0.15, 0.2) is 0 Å². The van der Waals surface area contributed by atoms with Gasteiger partial charge in [0.05, 0.1) is 11.5 Å². The van der Waals surface area contributed by atoms with Crippen molar-refractivity contribution >= 4 is 27.3 Å². The molecular formula is C18H19O5S2-. The first-order valence-electron chi connectivity index (χ1n) is 7.60. The number of hydrogen-bond donors (Lipinski definition) is 0. The van der Waals surface area contributed by atoms with Crippen molar-refractivity contribution in [2.45, 2.75) is 23.5 Å². The van der Waals surface area contributed by atoms with E-state index in [0.717, 1.165) is 11.1 Å². The molecule has 2 rings (SSSR count). The molecule has 2 unspecified atom stereocenters. The van der Waals surface area contributed by atoms with Crippen LogP contribution < -0.4 is 0 Å². The summed E-state index contributed by atoms with van der Waals surface area (Å²) in [6.07, 6.45) is 1.69. The summed E-state index contributed by atoms with van der Waals surface area (Å²) in [5, 5.41) is -0.841. The van der Waals surface area contributed by atoms with Crippen LogP contribution in [0.3, 0.4) is 0 Å². The number of hydrogen-bond acceptors (Lipinski definition) is 5. The second-order valence-electron chi connectivity index (χ2n) is 5.50. The molecule has 2 aromatic rings. The lowest BCUT2D eigenvalue weighted by molar-refractivity contribution is 0.308. The Labute approximate surface area is 150 Å². The molecule has 0 N–H and O–H groups in total. The fourth-order valence-corrected chi connectivity index (χ4v) is 3.85. The predicted octanol–water partition coefficient (Wildman–Crippen LogP) is 3.35. The Balaban J connectivity index is 2.04. The molecule has 0 bridgehead atoms. The van der Waals surface area contributed by atoms with Crippen LogP contribution in [0.15, 0.2) is 60.0 Å². The summed E-state index contributed by atoms with van der Waals surface area (Å²) < 4.78 is 52.2. The lowest BCUT2D eigenvalue weighted by Gasteiger charge is -2.20. The Morgan fingerprint density at radius 2 is 1.76 bits per heavy atom. The van der Waals surface area contributed by atoms with Crippen molar-refractivity contribution in [1.29, 1.82) is 0 Å². The molecule has 0 fully saturated rings. The summed E-state index contributed by atoms with van der Waals surface area (Å²) in [4.78, 5) is 0.0493. The van der Waals surface area contributed by atoms with E-state index in [1.807, 2.05) is 6.92 Å². The predicted molar refractivity (Wildman–Crippen MR) is 97.1 cm³/mol. The van der Waals surface area contributed by atoms with Gasteiger partial charge in [0.25, 0.3) is 10.1 Å². The fourth-order valence-electron chi connectivity index (χ4n) is 2.26. The minimum Gasteiger partial charge on any atom is -0.772 e. The zero-order valence-electron chi connectivity index (χ0n) is 13.8. The first kappa shape index (κ1) is 19.5. The quantitative estimate of drug-likeness (QED) is 0.519. The standard InChI is InChI=1S/C18H20O5S2/c1-3-15-6-8-16(9-7-15)18(24(19)20)12-13-23-25(21,22)17-10-4-14(2)5-11-17/h3-11,18H,1,12-13H2,2H3,(H,19,20)/p-1. The van der Waals surface area contributed by atoms with Crippen LogP contribution in [0.5, 0.6) is 0 Å². The SMILES string of the molecule is C=Cc1ccc(C(CCOS(=O)(=O)c2ccc(C)cc2)S(=O)[O-])cc1. The Morgan fingerprint density at radius 1 is 1.16 bits per heavy atom. The Kier molecular flexibility index (Phi) is 6.66. The lowest BCUT2D eigenvalue weighted by Crippen LogP contribution is -2.13. The highest BCUT2D eigenvalue weighted by Gasteiger charge is 2.18. The van der Waals surface area contributed by atoms with Gasteiger partial charge >= 0.3 is 0 Å². The van der Waals surface area contributed by atoms with Crippen molar-refractivity contribution in [1.82, 2.24) is 0 Å². The molecule has 5 nitrogen and oxygen atoms in total. The minimum atomic E-state index is -3.91. The van der Waals surface area contributed by atoms with E-state index in [9.17, 15) is 17.2 Å². The summed E-state index contributed by atoms with van der Waals surface area (Å²) in [6, 6.07) is 13.2. The van der Waals surface area contributed by atoms with Crippen molar-refractivity contribution < 1.29 is 21.4 Å². The maximum Gasteiger partial charge on any atom is 0.296 e. The van der Waals surface area contributed by atoms with Crippen LogP contribution in [-0.4, -0.2) is 23.8 Å². The maximum atomic E-state index is 12.1. The first-order chi connectivity index (χ1) is 11.8. The van der Waals surface area contributed by atoms with E-state index in [2.05, 4.69) is 6.58 Å². The Morgan fingerprint density at radius 3 is 2.28 bits per heavy atom. The van der Waals surface area contributed by atoms with Gasteiger partial charge in [-0.2, -0.15) is 8.42 Å². The summed E-state index contributed by atoms with van der Waals surface area (Å²) in [5.41, 5.74) is 2.39. The van der Waals surface area contributed by atoms with E-state index >= 15 is 0 Å². The molecule has 0 amide bonds. The molecule has 0 heterocycles. The molecule has 0 saturated carbocycles. The van der Waals surface area contributed by atoms with Gasteiger partial charge in [-0.05, 0) is 47.7 Å². The second-order valence-corrected chi connectivity index (χ2v) is 8.20. The summed E-state index contributed by atoms with van der Waals surface area (Å²) in [7, 11) is -3.91. The third kappa shape index (κ3) is 5.34. The van der Waals surface area contributed by atoms with Crippen LogP contribution >= 0.6 is 0 Å². The monoisotopic (exact) mass is 379 g/mol. The van der Waals surface area contributed by atoms with E-state index in [0.29, 0.717) is 5.56 Å². The van der Waals surface area contributed by atoms with Crippen LogP contribution in [0.1, 0.15) is 28.4 Å². The van der Waals surface area contributed by atoms with E-state index in [1.165, 1.54) is 12.1 Å². The second kappa shape index (κ2) is 8.53. The summed E-state index contributed by atoms with van der Waals surface area (Å²) >= 11 is -2.39. The van der Waals surface area contributed by atoms with Gasteiger partial charge in [-0.25, -0.2) is 0 Å². The highest BCUT2D eigenvalue weighted by Crippen LogP contribution is 2.24. The van der Waals surface area contributed by atoms with E-state index in [1.54, 1.807) is 42.5 Å². The van der Waals surface area contributed by atoms with Crippen molar-refractivity contribution in [2.24, 2.45) is 0 Å². The Bertz CT molecular complexity index is 840. The van der Waals surface area contributed by atoms with Crippen LogP contribution in [0.2, 0.25) is 0 Å². The minimum absolute atomic E-state index is 0.0363. The van der Waals surface area contributed by atoms with E-state index < -0.39 is 26.4 Å². The highest BCUT2D eigenvalue weighted by molar-refractivity contribution is 7.86. The van der Waals surface area contributed by atoms with Crippen molar-refractivity contribution in [3.8, 4) is 0 Å². The average molecular weight is 379 g/mol. The van der Waals surface area contributed by atoms with Crippen molar-refractivity contribution in [3.63, 3.8) is 0 Å². The molecular weight excluding hydrogens is 360 g/mol. The maximum absolute atomic E-state index is 12.1. The molecule has 2 atom stereocenters. The number of benzene rings is 2. The molecule has 0 radical (unpaired) electrons. The van der Waals surface area contributed by atoms with E-state index in [4.69, 9.17) is 4.18 Å². The molecule has 0 aliphatic rings. The van der Waals surface area contributed by atoms with Gasteiger partial charge in [-0.1, -0.05) is 54.6 Å². The van der Waals surface area contributed by atoms with Crippen LogP contribution in [0.25, 0.3) is 6.08 Å². The van der Waals surface area contributed by atoms with E-state index in [-0.39, 0.29) is 17.9 Å². The third-order valence-electron chi connectivity index (χ3n) is 3.70. The molecule has 0 aromatic heterocycles. The van der Waals surface area contributed by atoms with Gasteiger partial charge in [-0.3, -0.25) is 8.39 Å². The Hall–Kier alpha value is -1.80. The lowest BCUT2D eigenvalue weighted by atomic mass is 10.1. The topological polar surface area (TPSA) is 83.5 Å². The van der Waals surface area contributed by atoms with Gasteiger partial charge < -0.3 is 4.55 Å². The van der Waals surface area contributed by atoms with Gasteiger partial charge in [0.1, 0.15) is 0 Å². The molecule has 7 heteroatoms. The molecule has 2 aromatic carbocycles. The number of aryl methyl sites for hydroxylation is 1. The zero-order valence-corrected chi connectivity index (χ0v) is 15.4. The third-order valence-corrected chi connectivity index (χ3v) is 6.00. The van der Waals surface area contributed by atoms with Crippen LogP contribution in [0.4, 0.5) is 0 Å². The molecule has 134 valence electrons. The van der Waals surface area contributed by atoms with Gasteiger partial charge in [-0.15, -0.1) is 0 Å². The molecule has 25 heavy (non-hydrogen) atoms. The van der Waals surface area contributed by atoms with Crippen LogP contribution in [0, 0.1) is 6.92 Å². The van der Waals surface area contributed by atoms with Gasteiger partial charge in [0.2, 0.25) is 0 Å². The number of rotatable bonds is 8. The zero-order chi connectivity index (χ0) is 18.4. The summed E-state index contributed by atoms with van der Waals surface area (Å²) in [6.45, 7) is 5.27. The highest BCUT2D eigenvalue weighted by atomic mass is 32.2. The summed E-state index contributed by atoms with van der Waals surface area (Å²) in [5.74, 6) is 0. The molecule has 0 aliphatic heterocycles. The van der Waals surface area contributed by atoms with Gasteiger partial charge in [0, 0.05) is 5.25 Å². The smallest absolute Gasteiger partial charge is 0.296 e. The molecule has 0 aliphatic carbocycles. The van der Waals surface area contributed by atoms with Crippen molar-refractivity contribution in [3.05, 3.63) is 71.8 Å². The molecule has 0 saturated heterocycles. The average Bonchev–Trinajstić information content (AvgIpc) is 2.59. The molecule has 0 spiro atoms. The fraction of sp³-hybridized carbons (Fsp3) is 0.222. The first-order valence-corrected chi connectivity index (χ1v) is 10.1. The normalized spacial score (nSPS) is 14.0. The largest absolute Gasteiger partial charge is 0.772 e.